The van der Waals surface area contributed by atoms with E-state index in [0.29, 0.717) is 5.92 Å². The van der Waals surface area contributed by atoms with Crippen molar-refractivity contribution >= 4 is 0 Å². The van der Waals surface area contributed by atoms with Gasteiger partial charge in [-0.15, -0.1) is 0 Å². The number of hydrogen-bond donors (Lipinski definition) is 1. The van der Waals surface area contributed by atoms with Crippen molar-refractivity contribution in [1.82, 2.24) is 5.32 Å². The second-order valence-corrected chi connectivity index (χ2v) is 6.26. The number of ether oxygens (including phenoxy) is 1. The van der Waals surface area contributed by atoms with Crippen molar-refractivity contribution in [3.8, 4) is 0 Å². The lowest BCUT2D eigenvalue weighted by atomic mass is 9.90. The molecule has 1 atom stereocenters. The summed E-state index contributed by atoms with van der Waals surface area (Å²) in [7, 11) is 1.81. The van der Waals surface area contributed by atoms with Crippen LogP contribution in [0.3, 0.4) is 0 Å². The van der Waals surface area contributed by atoms with E-state index in [9.17, 15) is 0 Å². The lowest BCUT2D eigenvalue weighted by Crippen LogP contribution is -2.29. The van der Waals surface area contributed by atoms with Crippen LogP contribution in [-0.2, 0) is 11.2 Å². The van der Waals surface area contributed by atoms with Crippen LogP contribution >= 0.6 is 0 Å². The highest BCUT2D eigenvalue weighted by atomic mass is 16.5. The Hall–Kier alpha value is -0.860. The molecule has 1 unspecified atom stereocenters. The van der Waals surface area contributed by atoms with Crippen LogP contribution in [0.2, 0.25) is 0 Å². The molecule has 20 heavy (non-hydrogen) atoms. The molecule has 1 rings (SSSR count). The van der Waals surface area contributed by atoms with Crippen LogP contribution in [0, 0.1) is 5.92 Å². The number of methoxy groups -OCH3 is 1. The molecule has 0 aromatic heterocycles. The smallest absolute Gasteiger partial charge is 0.0622 e. The van der Waals surface area contributed by atoms with Gasteiger partial charge in [0.25, 0.3) is 0 Å². The fraction of sp³-hybridized carbons (Fsp3) is 0.667. The molecule has 0 aliphatic rings. The van der Waals surface area contributed by atoms with Gasteiger partial charge in [-0.25, -0.2) is 0 Å². The summed E-state index contributed by atoms with van der Waals surface area (Å²) in [6, 6.07) is 10.8. The van der Waals surface area contributed by atoms with Crippen LogP contribution in [0.15, 0.2) is 30.3 Å². The molecule has 0 radical (unpaired) electrons. The first-order valence-corrected chi connectivity index (χ1v) is 7.87. The maximum Gasteiger partial charge on any atom is 0.0622 e. The SMILES string of the molecule is CCCNCC(CCC(C)(C)OC)Cc1ccccc1. The Kier molecular flexibility index (Phi) is 7.86. The molecule has 0 spiro atoms. The van der Waals surface area contributed by atoms with Crippen LogP contribution in [0.1, 0.15) is 45.6 Å². The third-order valence-electron chi connectivity index (χ3n) is 3.93. The average Bonchev–Trinajstić information content (AvgIpc) is 2.46. The monoisotopic (exact) mass is 277 g/mol. The van der Waals surface area contributed by atoms with Crippen molar-refractivity contribution in [3.05, 3.63) is 35.9 Å². The van der Waals surface area contributed by atoms with Crippen molar-refractivity contribution in [1.29, 1.82) is 0 Å². The van der Waals surface area contributed by atoms with Crippen molar-refractivity contribution < 1.29 is 4.74 Å². The minimum Gasteiger partial charge on any atom is -0.379 e. The summed E-state index contributed by atoms with van der Waals surface area (Å²) in [4.78, 5) is 0. The number of nitrogens with one attached hydrogen (secondary N) is 1. The summed E-state index contributed by atoms with van der Waals surface area (Å²) in [5, 5.41) is 3.57. The lowest BCUT2D eigenvalue weighted by molar-refractivity contribution is 0.0104. The maximum atomic E-state index is 5.54. The fourth-order valence-electron chi connectivity index (χ4n) is 2.36. The molecule has 0 saturated carbocycles. The standard InChI is InChI=1S/C18H31NO/c1-5-13-19-15-17(11-12-18(2,3)20-4)14-16-9-7-6-8-10-16/h6-10,17,19H,5,11-15H2,1-4H3. The summed E-state index contributed by atoms with van der Waals surface area (Å²) >= 11 is 0. The number of benzene rings is 1. The van der Waals surface area contributed by atoms with Gasteiger partial charge in [-0.3, -0.25) is 0 Å². The zero-order chi connectivity index (χ0) is 14.8. The molecule has 0 amide bonds. The van der Waals surface area contributed by atoms with E-state index in [0.717, 1.165) is 25.9 Å². The van der Waals surface area contributed by atoms with Crippen LogP contribution < -0.4 is 5.32 Å². The third kappa shape index (κ3) is 7.06. The highest BCUT2D eigenvalue weighted by Crippen LogP contribution is 2.21. The van der Waals surface area contributed by atoms with Crippen LogP contribution in [0.5, 0.6) is 0 Å². The van der Waals surface area contributed by atoms with E-state index in [-0.39, 0.29) is 5.60 Å². The highest BCUT2D eigenvalue weighted by molar-refractivity contribution is 5.15. The van der Waals surface area contributed by atoms with Crippen molar-refractivity contribution in [2.45, 2.75) is 52.1 Å². The molecular formula is C18H31NO. The summed E-state index contributed by atoms with van der Waals surface area (Å²) in [6.45, 7) is 8.77. The Morgan fingerprint density at radius 3 is 2.50 bits per heavy atom. The zero-order valence-corrected chi connectivity index (χ0v) is 13.6. The summed E-state index contributed by atoms with van der Waals surface area (Å²) in [5.41, 5.74) is 1.42. The fourth-order valence-corrected chi connectivity index (χ4v) is 2.36. The van der Waals surface area contributed by atoms with Crippen LogP contribution in [0.4, 0.5) is 0 Å². The van der Waals surface area contributed by atoms with Gasteiger partial charge in [0.15, 0.2) is 0 Å². The first kappa shape index (κ1) is 17.2. The first-order valence-electron chi connectivity index (χ1n) is 7.87. The molecule has 2 nitrogen and oxygen atoms in total. The van der Waals surface area contributed by atoms with E-state index in [4.69, 9.17) is 4.74 Å². The van der Waals surface area contributed by atoms with Crippen LogP contribution in [-0.4, -0.2) is 25.8 Å². The maximum absolute atomic E-state index is 5.54. The molecule has 1 aromatic rings. The van der Waals surface area contributed by atoms with Crippen LogP contribution in [0.25, 0.3) is 0 Å². The topological polar surface area (TPSA) is 21.3 Å². The van der Waals surface area contributed by atoms with E-state index in [1.54, 1.807) is 0 Å². The minimum atomic E-state index is -0.0142. The van der Waals surface area contributed by atoms with Crippen molar-refractivity contribution in [3.63, 3.8) is 0 Å². The minimum absolute atomic E-state index is 0.0142. The van der Waals surface area contributed by atoms with Gasteiger partial charge >= 0.3 is 0 Å². The van der Waals surface area contributed by atoms with E-state index in [2.05, 4.69) is 56.4 Å². The highest BCUT2D eigenvalue weighted by Gasteiger charge is 2.19. The zero-order valence-electron chi connectivity index (χ0n) is 13.6. The summed E-state index contributed by atoms with van der Waals surface area (Å²) in [5.74, 6) is 0.679. The molecule has 0 fully saturated rings. The Bertz CT molecular complexity index is 348. The largest absolute Gasteiger partial charge is 0.379 e. The predicted octanol–water partition coefficient (Wildman–Crippen LogP) is 4.05. The molecule has 0 bridgehead atoms. The lowest BCUT2D eigenvalue weighted by Gasteiger charge is -2.26. The van der Waals surface area contributed by atoms with Gasteiger partial charge in [0.2, 0.25) is 0 Å². The molecule has 0 aliphatic carbocycles. The molecule has 0 aliphatic heterocycles. The van der Waals surface area contributed by atoms with Crippen molar-refractivity contribution in [2.24, 2.45) is 5.92 Å². The summed E-state index contributed by atoms with van der Waals surface area (Å²) < 4.78 is 5.54. The molecular weight excluding hydrogens is 246 g/mol. The average molecular weight is 277 g/mol. The van der Waals surface area contributed by atoms with Gasteiger partial charge in [0, 0.05) is 7.11 Å². The molecule has 0 saturated heterocycles. The predicted molar refractivity (Wildman–Crippen MR) is 87.1 cm³/mol. The normalized spacial score (nSPS) is 13.4. The molecule has 1 aromatic carbocycles. The van der Waals surface area contributed by atoms with Gasteiger partial charge in [-0.05, 0) is 64.1 Å². The van der Waals surface area contributed by atoms with Gasteiger partial charge in [-0.2, -0.15) is 0 Å². The molecule has 1 N–H and O–H groups in total. The second-order valence-electron chi connectivity index (χ2n) is 6.26. The van der Waals surface area contributed by atoms with Gasteiger partial charge < -0.3 is 10.1 Å². The Balaban J connectivity index is 2.51. The second kappa shape index (κ2) is 9.15. The quantitative estimate of drug-likeness (QED) is 0.651. The van der Waals surface area contributed by atoms with Gasteiger partial charge in [0.05, 0.1) is 5.60 Å². The van der Waals surface area contributed by atoms with E-state index >= 15 is 0 Å². The van der Waals surface area contributed by atoms with E-state index < -0.39 is 0 Å². The van der Waals surface area contributed by atoms with E-state index in [1.807, 2.05) is 7.11 Å². The van der Waals surface area contributed by atoms with E-state index in [1.165, 1.54) is 18.4 Å². The third-order valence-corrected chi connectivity index (χ3v) is 3.93. The Morgan fingerprint density at radius 2 is 1.90 bits per heavy atom. The molecule has 114 valence electrons. The Morgan fingerprint density at radius 1 is 1.20 bits per heavy atom. The number of hydrogen-bond acceptors (Lipinski definition) is 2. The number of rotatable bonds is 10. The van der Waals surface area contributed by atoms with Gasteiger partial charge in [0.1, 0.15) is 0 Å². The van der Waals surface area contributed by atoms with Crippen molar-refractivity contribution in [2.75, 3.05) is 20.2 Å². The first-order chi connectivity index (χ1) is 9.57. The molecule has 0 heterocycles. The Labute approximate surface area is 124 Å². The molecule has 2 heteroatoms. The van der Waals surface area contributed by atoms with Gasteiger partial charge in [-0.1, -0.05) is 37.3 Å². The summed E-state index contributed by atoms with van der Waals surface area (Å²) in [6.07, 6.45) is 4.65.